The Hall–Kier alpha value is -0.450. The number of rotatable bonds is 15. The highest BCUT2D eigenvalue weighted by molar-refractivity contribution is 9.10. The standard InChI is InChI=1S/C21H35BrO6S3/c1-4-6-7-8-9-10-16-29(23,24)21(17-30(25,26)18(3)11-5-2)31(27,28)20-14-12-19(22)13-15-20/h12-15,18,21H,4-11,16-17H2,1-3H3. The van der Waals surface area contributed by atoms with E-state index in [1.807, 2.05) is 6.92 Å². The lowest BCUT2D eigenvalue weighted by molar-refractivity contribution is 0.559. The molecule has 1 rings (SSSR count). The number of unbranched alkanes of at least 4 members (excludes halogenated alkanes) is 5. The summed E-state index contributed by atoms with van der Waals surface area (Å²) in [5, 5.41) is -0.802. The van der Waals surface area contributed by atoms with E-state index >= 15 is 0 Å². The molecule has 1 aromatic carbocycles. The fraction of sp³-hybridized carbons (Fsp3) is 0.714. The van der Waals surface area contributed by atoms with Crippen molar-refractivity contribution in [1.29, 1.82) is 0 Å². The lowest BCUT2D eigenvalue weighted by atomic mass is 10.1. The molecule has 0 aliphatic rings. The maximum atomic E-state index is 13.3. The van der Waals surface area contributed by atoms with Crippen LogP contribution in [-0.2, 0) is 29.5 Å². The normalized spacial score (nSPS) is 15.0. The summed E-state index contributed by atoms with van der Waals surface area (Å²) in [5.41, 5.74) is 0. The quantitative estimate of drug-likeness (QED) is 0.283. The molecule has 0 saturated carbocycles. The minimum Gasteiger partial charge on any atom is -0.228 e. The van der Waals surface area contributed by atoms with Crippen LogP contribution in [0.1, 0.15) is 72.1 Å². The molecule has 2 unspecified atom stereocenters. The Bertz CT molecular complexity index is 984. The van der Waals surface area contributed by atoms with Gasteiger partial charge in [-0.25, -0.2) is 25.3 Å². The van der Waals surface area contributed by atoms with Crippen molar-refractivity contribution >= 4 is 45.4 Å². The van der Waals surface area contributed by atoms with E-state index < -0.39 is 45.1 Å². The summed E-state index contributed by atoms with van der Waals surface area (Å²) < 4.78 is 77.0. The minimum atomic E-state index is -4.40. The summed E-state index contributed by atoms with van der Waals surface area (Å²) in [4.78, 5) is -0.189. The van der Waals surface area contributed by atoms with E-state index in [0.29, 0.717) is 30.2 Å². The molecular weight excluding hydrogens is 524 g/mol. The summed E-state index contributed by atoms with van der Waals surface area (Å²) in [6.45, 7) is 5.42. The molecule has 0 fully saturated rings. The van der Waals surface area contributed by atoms with E-state index in [1.54, 1.807) is 0 Å². The van der Waals surface area contributed by atoms with Crippen molar-refractivity contribution in [1.82, 2.24) is 0 Å². The Morgan fingerprint density at radius 3 is 1.87 bits per heavy atom. The van der Waals surface area contributed by atoms with Gasteiger partial charge in [0.05, 0.1) is 21.7 Å². The first-order valence-corrected chi connectivity index (χ1v) is 16.6. The summed E-state index contributed by atoms with van der Waals surface area (Å²) >= 11 is 3.22. The Morgan fingerprint density at radius 2 is 1.32 bits per heavy atom. The van der Waals surface area contributed by atoms with Crippen molar-refractivity contribution in [2.45, 2.75) is 86.9 Å². The Morgan fingerprint density at radius 1 is 0.774 bits per heavy atom. The third-order valence-electron chi connectivity index (χ3n) is 5.35. The Balaban J connectivity index is 3.22. The lowest BCUT2D eigenvalue weighted by Crippen LogP contribution is -2.40. The molecule has 10 heteroatoms. The lowest BCUT2D eigenvalue weighted by Gasteiger charge is -2.21. The predicted octanol–water partition coefficient (Wildman–Crippen LogP) is 4.93. The van der Waals surface area contributed by atoms with E-state index in [9.17, 15) is 25.3 Å². The number of hydrogen-bond donors (Lipinski definition) is 0. The Kier molecular flexibility index (Phi) is 11.7. The zero-order chi connectivity index (χ0) is 23.7. The van der Waals surface area contributed by atoms with Crippen LogP contribution >= 0.6 is 15.9 Å². The van der Waals surface area contributed by atoms with E-state index in [-0.39, 0.29) is 10.6 Å². The second-order valence-electron chi connectivity index (χ2n) is 7.99. The van der Waals surface area contributed by atoms with Crippen LogP contribution < -0.4 is 0 Å². The van der Waals surface area contributed by atoms with Crippen LogP contribution in [-0.4, -0.2) is 46.6 Å². The van der Waals surface area contributed by atoms with Crippen molar-refractivity contribution in [3.05, 3.63) is 28.7 Å². The molecule has 2 atom stereocenters. The van der Waals surface area contributed by atoms with Gasteiger partial charge in [0.15, 0.2) is 34.1 Å². The van der Waals surface area contributed by atoms with Crippen molar-refractivity contribution in [3.63, 3.8) is 0 Å². The van der Waals surface area contributed by atoms with Gasteiger partial charge in [-0.2, -0.15) is 0 Å². The third-order valence-corrected chi connectivity index (χ3v) is 13.8. The molecule has 0 saturated heterocycles. The highest BCUT2D eigenvalue weighted by atomic mass is 79.9. The molecule has 0 aliphatic heterocycles. The maximum absolute atomic E-state index is 13.3. The van der Waals surface area contributed by atoms with Crippen LogP contribution in [0.3, 0.4) is 0 Å². The SMILES string of the molecule is CCCCCCCCS(=O)(=O)C(CS(=O)(=O)C(C)CCC)S(=O)(=O)c1ccc(Br)cc1. The monoisotopic (exact) mass is 558 g/mol. The third kappa shape index (κ3) is 8.78. The summed E-state index contributed by atoms with van der Waals surface area (Å²) in [6.07, 6.45) is 5.96. The molecule has 0 spiro atoms. The first-order chi connectivity index (χ1) is 14.4. The van der Waals surface area contributed by atoms with E-state index in [4.69, 9.17) is 0 Å². The average Bonchev–Trinajstić information content (AvgIpc) is 2.69. The van der Waals surface area contributed by atoms with Gasteiger partial charge in [-0.05, 0) is 44.0 Å². The van der Waals surface area contributed by atoms with Gasteiger partial charge in [0.2, 0.25) is 0 Å². The minimum absolute atomic E-state index is 0.189. The van der Waals surface area contributed by atoms with Gasteiger partial charge in [-0.3, -0.25) is 0 Å². The predicted molar refractivity (Wildman–Crippen MR) is 130 cm³/mol. The van der Waals surface area contributed by atoms with Crippen LogP contribution in [0.15, 0.2) is 33.6 Å². The number of halogens is 1. The van der Waals surface area contributed by atoms with Crippen LogP contribution in [0.25, 0.3) is 0 Å². The summed E-state index contributed by atoms with van der Waals surface area (Å²) in [6, 6.07) is 5.60. The highest BCUT2D eigenvalue weighted by Gasteiger charge is 2.42. The number of benzene rings is 1. The van der Waals surface area contributed by atoms with Gasteiger partial charge < -0.3 is 0 Å². The zero-order valence-corrected chi connectivity index (χ0v) is 22.6. The molecule has 0 amide bonds. The molecule has 1 aromatic rings. The van der Waals surface area contributed by atoms with Crippen molar-refractivity contribution in [2.24, 2.45) is 0 Å². The molecule has 0 N–H and O–H groups in total. The van der Waals surface area contributed by atoms with Crippen LogP contribution in [0.2, 0.25) is 0 Å². The van der Waals surface area contributed by atoms with E-state index in [2.05, 4.69) is 22.9 Å². The maximum Gasteiger partial charge on any atom is 0.196 e. The molecule has 6 nitrogen and oxygen atoms in total. The molecule has 0 heterocycles. The van der Waals surface area contributed by atoms with Gasteiger partial charge in [-0.1, -0.05) is 68.3 Å². The van der Waals surface area contributed by atoms with Gasteiger partial charge >= 0.3 is 0 Å². The second-order valence-corrected chi connectivity index (χ2v) is 16.1. The second kappa shape index (κ2) is 12.7. The van der Waals surface area contributed by atoms with Crippen LogP contribution in [0.4, 0.5) is 0 Å². The van der Waals surface area contributed by atoms with Crippen LogP contribution in [0, 0.1) is 0 Å². The summed E-state index contributed by atoms with van der Waals surface area (Å²) in [7, 11) is -12.5. The largest absolute Gasteiger partial charge is 0.228 e. The zero-order valence-electron chi connectivity index (χ0n) is 18.6. The van der Waals surface area contributed by atoms with Gasteiger partial charge in [0.25, 0.3) is 0 Å². The van der Waals surface area contributed by atoms with Crippen LogP contribution in [0.5, 0.6) is 0 Å². The topological polar surface area (TPSA) is 102 Å². The molecule has 0 aromatic heterocycles. The Labute approximate surface area is 197 Å². The van der Waals surface area contributed by atoms with Gasteiger partial charge in [0, 0.05) is 4.47 Å². The summed E-state index contributed by atoms with van der Waals surface area (Å²) in [5.74, 6) is -1.25. The molecule has 180 valence electrons. The van der Waals surface area contributed by atoms with E-state index in [0.717, 1.165) is 25.7 Å². The first kappa shape index (κ1) is 28.6. The first-order valence-electron chi connectivity index (χ1n) is 10.8. The van der Waals surface area contributed by atoms with E-state index in [1.165, 1.54) is 31.2 Å². The molecule has 0 radical (unpaired) electrons. The fourth-order valence-corrected chi connectivity index (χ4v) is 11.4. The number of sulfone groups is 3. The number of hydrogen-bond acceptors (Lipinski definition) is 6. The van der Waals surface area contributed by atoms with Crippen molar-refractivity contribution in [3.8, 4) is 0 Å². The smallest absolute Gasteiger partial charge is 0.196 e. The highest BCUT2D eigenvalue weighted by Crippen LogP contribution is 2.26. The molecule has 31 heavy (non-hydrogen) atoms. The average molecular weight is 560 g/mol. The fourth-order valence-electron chi connectivity index (χ4n) is 3.32. The van der Waals surface area contributed by atoms with Crippen molar-refractivity contribution in [2.75, 3.05) is 11.5 Å². The van der Waals surface area contributed by atoms with Gasteiger partial charge in [0.1, 0.15) is 0 Å². The van der Waals surface area contributed by atoms with Gasteiger partial charge in [-0.15, -0.1) is 0 Å². The van der Waals surface area contributed by atoms with Crippen molar-refractivity contribution < 1.29 is 25.3 Å². The molecular formula is C21H35BrO6S3. The molecule has 0 bridgehead atoms. The molecule has 0 aliphatic carbocycles.